The maximum atomic E-state index is 13.4. The van der Waals surface area contributed by atoms with Gasteiger partial charge in [-0.15, -0.1) is 0 Å². The summed E-state index contributed by atoms with van der Waals surface area (Å²) >= 11 is 0. The monoisotopic (exact) mass is 386 g/mol. The first-order chi connectivity index (χ1) is 14.1. The minimum Gasteiger partial charge on any atom is -0.445 e. The van der Waals surface area contributed by atoms with E-state index in [0.717, 1.165) is 5.56 Å². The van der Waals surface area contributed by atoms with Crippen LogP contribution in [0.4, 0.5) is 4.79 Å². The van der Waals surface area contributed by atoms with E-state index in [1.807, 2.05) is 30.3 Å². The summed E-state index contributed by atoms with van der Waals surface area (Å²) in [6.07, 6.45) is -0.814. The third kappa shape index (κ3) is 3.48. The Balaban J connectivity index is 1.67. The second-order valence-corrected chi connectivity index (χ2v) is 6.63. The lowest BCUT2D eigenvalue weighted by molar-refractivity contribution is 0.0652. The minimum absolute atomic E-state index is 0.0380. The molecule has 3 aromatic rings. The Morgan fingerprint density at radius 3 is 2.10 bits per heavy atom. The quantitative estimate of drug-likeness (QED) is 0.720. The van der Waals surface area contributed by atoms with Gasteiger partial charge in [0, 0.05) is 11.1 Å². The van der Waals surface area contributed by atoms with Crippen LogP contribution in [0.1, 0.15) is 31.8 Å². The molecule has 1 aliphatic rings. The van der Waals surface area contributed by atoms with Crippen molar-refractivity contribution in [3.63, 3.8) is 0 Å². The highest BCUT2D eigenvalue weighted by atomic mass is 16.5. The molecule has 3 aromatic carbocycles. The number of alkyl carbamates (subject to hydrolysis) is 1. The van der Waals surface area contributed by atoms with E-state index in [4.69, 9.17) is 4.74 Å². The summed E-state index contributed by atoms with van der Waals surface area (Å²) < 4.78 is 5.30. The van der Waals surface area contributed by atoms with Gasteiger partial charge < -0.3 is 10.1 Å². The van der Waals surface area contributed by atoms with Gasteiger partial charge in [-0.25, -0.2) is 4.79 Å². The Morgan fingerprint density at radius 1 is 0.828 bits per heavy atom. The molecular formula is C23H18N2O4. The van der Waals surface area contributed by atoms with Crippen molar-refractivity contribution in [1.29, 1.82) is 0 Å². The molecular weight excluding hydrogens is 368 g/mol. The van der Waals surface area contributed by atoms with Gasteiger partial charge >= 0.3 is 6.09 Å². The largest absolute Gasteiger partial charge is 0.445 e. The van der Waals surface area contributed by atoms with Crippen LogP contribution in [0.15, 0.2) is 84.9 Å². The maximum absolute atomic E-state index is 13.4. The van der Waals surface area contributed by atoms with E-state index in [1.165, 1.54) is 0 Å². The average Bonchev–Trinajstić information content (AvgIpc) is 2.77. The number of ether oxygens (including phenoxy) is 1. The fourth-order valence-corrected chi connectivity index (χ4v) is 3.34. The fraction of sp³-hybridized carbons (Fsp3) is 0.0870. The minimum atomic E-state index is -1.75. The van der Waals surface area contributed by atoms with E-state index in [0.29, 0.717) is 5.56 Å². The van der Waals surface area contributed by atoms with Crippen LogP contribution >= 0.6 is 0 Å². The third-order valence-corrected chi connectivity index (χ3v) is 4.77. The van der Waals surface area contributed by atoms with Crippen molar-refractivity contribution in [2.75, 3.05) is 0 Å². The van der Waals surface area contributed by atoms with Crippen molar-refractivity contribution in [3.8, 4) is 0 Å². The Morgan fingerprint density at radius 2 is 1.41 bits per heavy atom. The smallest absolute Gasteiger partial charge is 0.409 e. The summed E-state index contributed by atoms with van der Waals surface area (Å²) in [6.45, 7) is 0.0380. The van der Waals surface area contributed by atoms with Gasteiger partial charge in [-0.3, -0.25) is 14.9 Å². The molecule has 144 valence electrons. The molecule has 29 heavy (non-hydrogen) atoms. The van der Waals surface area contributed by atoms with E-state index in [2.05, 4.69) is 10.6 Å². The molecule has 0 saturated heterocycles. The zero-order valence-electron chi connectivity index (χ0n) is 15.4. The molecule has 0 bridgehead atoms. The molecule has 2 N–H and O–H groups in total. The summed E-state index contributed by atoms with van der Waals surface area (Å²) in [4.78, 5) is 38.7. The lowest BCUT2D eigenvalue weighted by atomic mass is 9.84. The van der Waals surface area contributed by atoms with Crippen molar-refractivity contribution in [1.82, 2.24) is 10.6 Å². The molecule has 4 rings (SSSR count). The highest BCUT2D eigenvalue weighted by Crippen LogP contribution is 2.30. The first kappa shape index (κ1) is 18.4. The van der Waals surface area contributed by atoms with Gasteiger partial charge in [0.2, 0.25) is 11.4 Å². The zero-order valence-corrected chi connectivity index (χ0v) is 15.4. The number of fused-ring (bicyclic) bond motifs is 1. The number of benzene rings is 3. The molecule has 6 heteroatoms. The van der Waals surface area contributed by atoms with Crippen LogP contribution < -0.4 is 10.6 Å². The number of hydrogen-bond donors (Lipinski definition) is 2. The summed E-state index contributed by atoms with van der Waals surface area (Å²) in [7, 11) is 0. The molecule has 1 heterocycles. The predicted molar refractivity (Wildman–Crippen MR) is 106 cm³/mol. The molecule has 0 spiro atoms. The summed E-state index contributed by atoms with van der Waals surface area (Å²) in [6, 6.07) is 24.3. The molecule has 0 fully saturated rings. The van der Waals surface area contributed by atoms with E-state index >= 15 is 0 Å². The Bertz CT molecular complexity index is 1070. The third-order valence-electron chi connectivity index (χ3n) is 4.77. The second-order valence-electron chi connectivity index (χ2n) is 6.63. The van der Waals surface area contributed by atoms with Gasteiger partial charge in [0.05, 0.1) is 5.56 Å². The summed E-state index contributed by atoms with van der Waals surface area (Å²) in [5.41, 5.74) is -0.00208. The number of carbonyl (C=O) groups is 3. The van der Waals surface area contributed by atoms with Gasteiger partial charge in [-0.05, 0) is 11.6 Å². The fourth-order valence-electron chi connectivity index (χ4n) is 3.34. The highest BCUT2D eigenvalue weighted by molar-refractivity contribution is 6.18. The second kappa shape index (κ2) is 7.59. The van der Waals surface area contributed by atoms with Gasteiger partial charge in [0.1, 0.15) is 6.61 Å². The SMILES string of the molecule is O=C(NC1(c2ccccc2)NC(=O)c2ccccc2C1=O)OCc1ccccc1. The molecule has 0 radical (unpaired) electrons. The highest BCUT2D eigenvalue weighted by Gasteiger charge is 2.48. The molecule has 6 nitrogen and oxygen atoms in total. The summed E-state index contributed by atoms with van der Waals surface area (Å²) in [5.74, 6) is -0.886. The molecule has 0 saturated carbocycles. The first-order valence-electron chi connectivity index (χ1n) is 9.11. The number of ketones is 1. The zero-order chi connectivity index (χ0) is 20.3. The number of amides is 2. The van der Waals surface area contributed by atoms with E-state index < -0.39 is 23.4 Å². The molecule has 1 atom stereocenters. The van der Waals surface area contributed by atoms with Crippen LogP contribution in [-0.4, -0.2) is 17.8 Å². The Kier molecular flexibility index (Phi) is 4.83. The van der Waals surface area contributed by atoms with Crippen LogP contribution in [0.3, 0.4) is 0 Å². The molecule has 0 aliphatic carbocycles. The van der Waals surface area contributed by atoms with Crippen LogP contribution in [0.2, 0.25) is 0 Å². The van der Waals surface area contributed by atoms with Gasteiger partial charge in [0.25, 0.3) is 5.91 Å². The van der Waals surface area contributed by atoms with Crippen LogP contribution in [0.5, 0.6) is 0 Å². The molecule has 1 unspecified atom stereocenters. The van der Waals surface area contributed by atoms with Crippen molar-refractivity contribution in [3.05, 3.63) is 107 Å². The number of nitrogens with one attached hydrogen (secondary N) is 2. The van der Waals surface area contributed by atoms with Crippen molar-refractivity contribution >= 4 is 17.8 Å². The van der Waals surface area contributed by atoms with Crippen molar-refractivity contribution < 1.29 is 19.1 Å². The first-order valence-corrected chi connectivity index (χ1v) is 9.11. The number of hydrogen-bond acceptors (Lipinski definition) is 4. The van der Waals surface area contributed by atoms with Crippen LogP contribution in [0.25, 0.3) is 0 Å². The number of rotatable bonds is 4. The Labute approximate surface area is 167 Å². The molecule has 2 amide bonds. The lowest BCUT2D eigenvalue weighted by Gasteiger charge is -2.37. The average molecular weight is 386 g/mol. The van der Waals surface area contributed by atoms with Crippen molar-refractivity contribution in [2.45, 2.75) is 12.3 Å². The van der Waals surface area contributed by atoms with Crippen LogP contribution in [0, 0.1) is 0 Å². The van der Waals surface area contributed by atoms with E-state index in [9.17, 15) is 14.4 Å². The van der Waals surface area contributed by atoms with Crippen LogP contribution in [-0.2, 0) is 17.0 Å². The maximum Gasteiger partial charge on any atom is 0.409 e. The Hall–Kier alpha value is -3.93. The molecule has 1 aliphatic heterocycles. The summed E-state index contributed by atoms with van der Waals surface area (Å²) in [5, 5.41) is 5.28. The predicted octanol–water partition coefficient (Wildman–Crippen LogP) is 3.39. The van der Waals surface area contributed by atoms with Gasteiger partial charge in [-0.2, -0.15) is 0 Å². The standard InChI is InChI=1S/C23H18N2O4/c26-20-18-13-7-8-14-19(18)21(27)24-23(20,17-11-5-2-6-12-17)25-22(28)29-15-16-9-3-1-4-10-16/h1-14H,15H2,(H,24,27)(H,25,28). The van der Waals surface area contributed by atoms with E-state index in [-0.39, 0.29) is 17.7 Å². The van der Waals surface area contributed by atoms with Gasteiger partial charge in [0.15, 0.2) is 0 Å². The molecule has 0 aromatic heterocycles. The number of carbonyl (C=O) groups excluding carboxylic acids is 3. The van der Waals surface area contributed by atoms with Gasteiger partial charge in [-0.1, -0.05) is 78.9 Å². The van der Waals surface area contributed by atoms with E-state index in [1.54, 1.807) is 54.6 Å². The van der Waals surface area contributed by atoms with Crippen molar-refractivity contribution in [2.24, 2.45) is 0 Å². The normalized spacial score (nSPS) is 17.8. The lowest BCUT2D eigenvalue weighted by Crippen LogP contribution is -2.65. The number of Topliss-reactive ketones (excluding diaryl/α,β-unsaturated/α-hetero) is 1. The topological polar surface area (TPSA) is 84.5 Å².